The molecule has 2 N–H and O–H groups in total. The Kier molecular flexibility index (Phi) is 12.4. The molecule has 0 heterocycles. The number of benzene rings is 1. The summed E-state index contributed by atoms with van der Waals surface area (Å²) in [6.45, 7) is 12.2. The van der Waals surface area contributed by atoms with Gasteiger partial charge in [-0.1, -0.05) is 32.8 Å². The number of aromatic carboxylic acids is 2. The number of unbranched alkanes of at least 4 members (excludes halogenated alkanes) is 2. The van der Waals surface area contributed by atoms with Gasteiger partial charge in [-0.2, -0.15) is 0 Å². The van der Waals surface area contributed by atoms with Gasteiger partial charge < -0.3 is 29.2 Å². The van der Waals surface area contributed by atoms with Crippen LogP contribution in [-0.4, -0.2) is 47.9 Å². The van der Waals surface area contributed by atoms with Crippen molar-refractivity contribution in [2.45, 2.75) is 92.0 Å². The Balaban J connectivity index is 3.27. The summed E-state index contributed by atoms with van der Waals surface area (Å²) >= 11 is 0. The molecule has 0 aromatic heterocycles. The number of hydrogen-bond acceptors (Lipinski definition) is 6. The number of carboxylic acids is 2. The Labute approximate surface area is 190 Å². The summed E-state index contributed by atoms with van der Waals surface area (Å²) in [6, 6.07) is 2.87. The average molecular weight is 455 g/mol. The Morgan fingerprint density at radius 1 is 0.812 bits per heavy atom. The lowest BCUT2D eigenvalue weighted by molar-refractivity contribution is -0.164. The van der Waals surface area contributed by atoms with Crippen LogP contribution in [0.3, 0.4) is 0 Å². The smallest absolute Gasteiger partial charge is 0.336 e. The molecule has 1 rings (SSSR count). The van der Waals surface area contributed by atoms with Gasteiger partial charge in [0.05, 0.1) is 23.3 Å². The van der Waals surface area contributed by atoms with Gasteiger partial charge in [0, 0.05) is 18.8 Å². The second-order valence-electron chi connectivity index (χ2n) is 7.74. The molecule has 0 bridgehead atoms. The van der Waals surface area contributed by atoms with Crippen molar-refractivity contribution in [2.75, 3.05) is 13.2 Å². The van der Waals surface area contributed by atoms with Crippen LogP contribution in [-0.2, 0) is 18.9 Å². The Hall–Kier alpha value is -2.00. The molecular weight excluding hydrogens is 416 g/mol. The molecule has 0 saturated heterocycles. The van der Waals surface area contributed by atoms with Gasteiger partial charge in [0.1, 0.15) is 0 Å². The Morgan fingerprint density at radius 3 is 1.75 bits per heavy atom. The zero-order valence-electron chi connectivity index (χ0n) is 20.1. The van der Waals surface area contributed by atoms with E-state index in [1.807, 2.05) is 0 Å². The first kappa shape index (κ1) is 28.0. The topological polar surface area (TPSA) is 112 Å². The van der Waals surface area contributed by atoms with Gasteiger partial charge >= 0.3 is 11.9 Å². The number of hydrogen-bond donors (Lipinski definition) is 2. The van der Waals surface area contributed by atoms with Crippen molar-refractivity contribution >= 4 is 11.9 Å². The third-order valence-corrected chi connectivity index (χ3v) is 5.06. The number of carbonyl (C=O) groups is 2. The summed E-state index contributed by atoms with van der Waals surface area (Å²) < 4.78 is 23.1. The first-order chi connectivity index (χ1) is 15.1. The normalized spacial score (nSPS) is 15.2. The van der Waals surface area contributed by atoms with Crippen molar-refractivity contribution < 1.29 is 38.7 Å². The standard InChI is InChI=1S/C24H38O8/c1-7-9-13-29-17(5)31-15(3)19-11-12-20(23(25)26)22(24(27)28)21(19)16(4)32-18(6)30-14-10-8-2/h11-12,15-18H,7-10,13-14H2,1-6H3,(H,25,26)(H,27,28). The molecule has 0 fully saturated rings. The van der Waals surface area contributed by atoms with E-state index >= 15 is 0 Å². The number of rotatable bonds is 16. The van der Waals surface area contributed by atoms with Crippen molar-refractivity contribution in [1.82, 2.24) is 0 Å². The van der Waals surface area contributed by atoms with Crippen LogP contribution in [0.5, 0.6) is 0 Å². The SMILES string of the molecule is CCCCOC(C)OC(C)c1ccc(C(=O)O)c(C(=O)O)c1C(C)OC(C)OCCCC. The highest BCUT2D eigenvalue weighted by Crippen LogP contribution is 2.34. The second-order valence-corrected chi connectivity index (χ2v) is 7.74. The summed E-state index contributed by atoms with van der Waals surface area (Å²) in [6.07, 6.45) is 1.37. The quantitative estimate of drug-likeness (QED) is 0.246. The second kappa shape index (κ2) is 14.2. The lowest BCUT2D eigenvalue weighted by atomic mass is 9.90. The third kappa shape index (κ3) is 8.50. The molecule has 0 aliphatic rings. The maximum Gasteiger partial charge on any atom is 0.336 e. The molecule has 0 aliphatic heterocycles. The molecule has 8 heteroatoms. The van der Waals surface area contributed by atoms with E-state index in [9.17, 15) is 19.8 Å². The maximum absolute atomic E-state index is 12.1. The van der Waals surface area contributed by atoms with Crippen LogP contribution >= 0.6 is 0 Å². The molecule has 0 radical (unpaired) electrons. The minimum Gasteiger partial charge on any atom is -0.478 e. The molecule has 0 spiro atoms. The fourth-order valence-corrected chi connectivity index (χ4v) is 3.42. The highest BCUT2D eigenvalue weighted by molar-refractivity contribution is 6.03. The molecule has 1 aromatic rings. The van der Waals surface area contributed by atoms with Crippen molar-refractivity contribution in [3.05, 3.63) is 34.4 Å². The molecule has 1 aromatic carbocycles. The number of carboxylic acid groups (broad SMARTS) is 2. The van der Waals surface area contributed by atoms with Crippen LogP contribution in [0.4, 0.5) is 0 Å². The molecule has 0 amide bonds. The van der Waals surface area contributed by atoms with Gasteiger partial charge in [0.15, 0.2) is 12.6 Å². The van der Waals surface area contributed by atoms with E-state index in [-0.39, 0.29) is 16.7 Å². The van der Waals surface area contributed by atoms with E-state index in [1.165, 1.54) is 6.07 Å². The van der Waals surface area contributed by atoms with E-state index in [2.05, 4.69) is 13.8 Å². The first-order valence-corrected chi connectivity index (χ1v) is 11.3. The van der Waals surface area contributed by atoms with Crippen LogP contribution in [0.25, 0.3) is 0 Å². The summed E-state index contributed by atoms with van der Waals surface area (Å²) in [5.41, 5.74) is 0.187. The van der Waals surface area contributed by atoms with E-state index in [1.54, 1.807) is 33.8 Å². The van der Waals surface area contributed by atoms with E-state index in [0.29, 0.717) is 18.8 Å². The highest BCUT2D eigenvalue weighted by atomic mass is 16.7. The molecular formula is C24H38O8. The molecule has 32 heavy (non-hydrogen) atoms. The van der Waals surface area contributed by atoms with Gasteiger partial charge in [-0.05, 0) is 52.2 Å². The van der Waals surface area contributed by atoms with Crippen LogP contribution in [0, 0.1) is 0 Å². The fourth-order valence-electron chi connectivity index (χ4n) is 3.42. The lowest BCUT2D eigenvalue weighted by Gasteiger charge is -2.27. The maximum atomic E-state index is 12.1. The summed E-state index contributed by atoms with van der Waals surface area (Å²) in [4.78, 5) is 23.8. The fraction of sp³-hybridized carbons (Fsp3) is 0.667. The van der Waals surface area contributed by atoms with Crippen LogP contribution < -0.4 is 0 Å². The van der Waals surface area contributed by atoms with E-state index in [0.717, 1.165) is 25.7 Å². The minimum absolute atomic E-state index is 0.261. The minimum atomic E-state index is -1.34. The summed E-state index contributed by atoms with van der Waals surface area (Å²) in [5.74, 6) is -2.66. The highest BCUT2D eigenvalue weighted by Gasteiger charge is 2.30. The lowest BCUT2D eigenvalue weighted by Crippen LogP contribution is -2.23. The molecule has 182 valence electrons. The van der Waals surface area contributed by atoms with Gasteiger partial charge in [0.2, 0.25) is 0 Å². The van der Waals surface area contributed by atoms with Crippen molar-refractivity contribution in [3.8, 4) is 0 Å². The van der Waals surface area contributed by atoms with Crippen molar-refractivity contribution in [1.29, 1.82) is 0 Å². The van der Waals surface area contributed by atoms with Gasteiger partial charge in [-0.25, -0.2) is 9.59 Å². The van der Waals surface area contributed by atoms with Crippen LogP contribution in [0.2, 0.25) is 0 Å². The zero-order chi connectivity index (χ0) is 24.3. The van der Waals surface area contributed by atoms with E-state index < -0.39 is 36.7 Å². The molecule has 0 saturated carbocycles. The molecule has 8 nitrogen and oxygen atoms in total. The van der Waals surface area contributed by atoms with Gasteiger partial charge in [0.25, 0.3) is 0 Å². The monoisotopic (exact) mass is 454 g/mol. The largest absolute Gasteiger partial charge is 0.478 e. The summed E-state index contributed by atoms with van der Waals surface area (Å²) in [5, 5.41) is 19.4. The Bertz CT molecular complexity index is 733. The predicted octanol–water partition coefficient (Wildman–Crippen LogP) is 5.56. The first-order valence-electron chi connectivity index (χ1n) is 11.3. The average Bonchev–Trinajstić information content (AvgIpc) is 2.72. The van der Waals surface area contributed by atoms with Crippen LogP contribution in [0.1, 0.15) is 111 Å². The predicted molar refractivity (Wildman–Crippen MR) is 120 cm³/mol. The molecule has 4 unspecified atom stereocenters. The summed E-state index contributed by atoms with van der Waals surface area (Å²) in [7, 11) is 0. The Morgan fingerprint density at radius 2 is 1.31 bits per heavy atom. The van der Waals surface area contributed by atoms with Crippen molar-refractivity contribution in [2.24, 2.45) is 0 Å². The van der Waals surface area contributed by atoms with Crippen molar-refractivity contribution in [3.63, 3.8) is 0 Å². The van der Waals surface area contributed by atoms with Gasteiger partial charge in [-0.15, -0.1) is 0 Å². The number of ether oxygens (including phenoxy) is 4. The van der Waals surface area contributed by atoms with Gasteiger partial charge in [-0.3, -0.25) is 0 Å². The molecule has 4 atom stereocenters. The molecule has 0 aliphatic carbocycles. The zero-order valence-corrected chi connectivity index (χ0v) is 20.1. The van der Waals surface area contributed by atoms with Crippen LogP contribution in [0.15, 0.2) is 12.1 Å². The third-order valence-electron chi connectivity index (χ3n) is 5.06. The van der Waals surface area contributed by atoms with E-state index in [4.69, 9.17) is 18.9 Å².